The maximum atomic E-state index is 14.3. The van der Waals surface area contributed by atoms with E-state index in [2.05, 4.69) is 26.1 Å². The van der Waals surface area contributed by atoms with Crippen LogP contribution >= 0.6 is 27.5 Å². The molecule has 5 rings (SSSR count). The van der Waals surface area contributed by atoms with Crippen LogP contribution < -0.4 is 10.1 Å². The fourth-order valence-electron chi connectivity index (χ4n) is 4.65. The zero-order valence-corrected chi connectivity index (χ0v) is 19.7. The number of halogens is 3. The van der Waals surface area contributed by atoms with Gasteiger partial charge in [0.05, 0.1) is 23.6 Å². The average molecular weight is 531 g/mol. The van der Waals surface area contributed by atoms with Crippen molar-refractivity contribution in [3.63, 3.8) is 0 Å². The van der Waals surface area contributed by atoms with Crippen LogP contribution in [-0.4, -0.2) is 16.9 Å². The summed E-state index contributed by atoms with van der Waals surface area (Å²) in [4.78, 5) is 13.8. The summed E-state index contributed by atoms with van der Waals surface area (Å²) in [5, 5.41) is 15.8. The van der Waals surface area contributed by atoms with Crippen molar-refractivity contribution in [3.05, 3.63) is 108 Å². The fraction of sp³-hybridized carbons (Fsp3) is 0.167. The minimum absolute atomic E-state index is 0.0368. The Bertz CT molecular complexity index is 1300. The molecule has 3 aromatic rings. The number of rotatable bonds is 5. The maximum absolute atomic E-state index is 14.3. The van der Waals surface area contributed by atoms with Crippen LogP contribution in [-0.2, 0) is 6.54 Å². The van der Waals surface area contributed by atoms with Gasteiger partial charge in [0.25, 0.3) is 5.69 Å². The molecule has 0 saturated heterocycles. The first-order valence-electron chi connectivity index (χ1n) is 10.2. The quantitative estimate of drug-likeness (QED) is 0.308. The van der Waals surface area contributed by atoms with Crippen molar-refractivity contribution < 1.29 is 14.1 Å². The van der Waals surface area contributed by atoms with Crippen LogP contribution in [0.4, 0.5) is 10.1 Å². The van der Waals surface area contributed by atoms with Crippen LogP contribution in [0.25, 0.3) is 6.08 Å². The first-order valence-corrected chi connectivity index (χ1v) is 11.3. The number of ether oxygens (including phenoxy) is 1. The lowest BCUT2D eigenvalue weighted by atomic mass is 9.92. The fourth-order valence-corrected chi connectivity index (χ4v) is 5.44. The monoisotopic (exact) mass is 529 g/mol. The van der Waals surface area contributed by atoms with Gasteiger partial charge >= 0.3 is 0 Å². The van der Waals surface area contributed by atoms with Crippen molar-refractivity contribution in [3.8, 4) is 5.75 Å². The summed E-state index contributed by atoms with van der Waals surface area (Å²) >= 11 is 10.0. The molecule has 2 aliphatic heterocycles. The first kappa shape index (κ1) is 21.9. The molecule has 2 atom stereocenters. The van der Waals surface area contributed by atoms with Gasteiger partial charge in [-0.05, 0) is 75.2 Å². The van der Waals surface area contributed by atoms with Gasteiger partial charge in [-0.25, -0.2) is 4.39 Å². The van der Waals surface area contributed by atoms with Gasteiger partial charge in [-0.2, -0.15) is 0 Å². The van der Waals surface area contributed by atoms with Gasteiger partial charge in [-0.3, -0.25) is 15.0 Å². The molecule has 2 heterocycles. The van der Waals surface area contributed by atoms with Gasteiger partial charge in [0, 0.05) is 27.7 Å². The SMILES string of the molecule is COc1ccc(CN2C3NC=Cc4c(Br)cc([N+](=O)[O-])c(c43)C2c2cc(F)ccc2Cl)cc1. The number of hydrogen-bond acceptors (Lipinski definition) is 5. The normalized spacial score (nSPS) is 18.7. The number of nitro groups is 1. The van der Waals surface area contributed by atoms with E-state index in [4.69, 9.17) is 16.3 Å². The van der Waals surface area contributed by atoms with Crippen LogP contribution in [0, 0.1) is 15.9 Å². The van der Waals surface area contributed by atoms with Crippen molar-refractivity contribution in [1.82, 2.24) is 10.2 Å². The molecule has 9 heteroatoms. The van der Waals surface area contributed by atoms with Crippen molar-refractivity contribution >= 4 is 39.3 Å². The molecular formula is C24H18BrClFN3O3. The van der Waals surface area contributed by atoms with E-state index in [1.165, 1.54) is 24.3 Å². The molecule has 3 aromatic carbocycles. The highest BCUT2D eigenvalue weighted by Gasteiger charge is 2.47. The van der Waals surface area contributed by atoms with E-state index in [9.17, 15) is 14.5 Å². The predicted octanol–water partition coefficient (Wildman–Crippen LogP) is 6.34. The molecule has 1 N–H and O–H groups in total. The molecule has 0 bridgehead atoms. The van der Waals surface area contributed by atoms with Crippen LogP contribution in [0.1, 0.15) is 40.0 Å². The summed E-state index contributed by atoms with van der Waals surface area (Å²) in [5.74, 6) is 0.276. The van der Waals surface area contributed by atoms with E-state index < -0.39 is 16.8 Å². The van der Waals surface area contributed by atoms with Gasteiger partial charge < -0.3 is 10.1 Å². The third-order valence-electron chi connectivity index (χ3n) is 6.06. The average Bonchev–Trinajstić information content (AvgIpc) is 3.12. The Morgan fingerprint density at radius 3 is 2.67 bits per heavy atom. The van der Waals surface area contributed by atoms with Gasteiger partial charge in [0.15, 0.2) is 0 Å². The van der Waals surface area contributed by atoms with Crippen molar-refractivity contribution in [2.45, 2.75) is 18.8 Å². The lowest BCUT2D eigenvalue weighted by molar-refractivity contribution is -0.385. The summed E-state index contributed by atoms with van der Waals surface area (Å²) in [6.45, 7) is 0.440. The number of nitrogens with one attached hydrogen (secondary N) is 1. The highest BCUT2D eigenvalue weighted by molar-refractivity contribution is 9.10. The summed E-state index contributed by atoms with van der Waals surface area (Å²) in [7, 11) is 1.60. The lowest BCUT2D eigenvalue weighted by Gasteiger charge is -2.32. The minimum Gasteiger partial charge on any atom is -0.497 e. The van der Waals surface area contributed by atoms with E-state index in [1.54, 1.807) is 7.11 Å². The molecule has 0 fully saturated rings. The second kappa shape index (κ2) is 8.44. The molecule has 0 aromatic heterocycles. The molecule has 6 nitrogen and oxygen atoms in total. The third kappa shape index (κ3) is 3.68. The zero-order chi connectivity index (χ0) is 23.3. The van der Waals surface area contributed by atoms with Gasteiger partial charge in [0.2, 0.25) is 0 Å². The number of nitrogens with zero attached hydrogens (tertiary/aromatic N) is 2. The van der Waals surface area contributed by atoms with Gasteiger partial charge in [-0.1, -0.05) is 23.7 Å². The molecule has 0 spiro atoms. The second-order valence-corrected chi connectivity index (χ2v) is 9.13. The molecule has 2 aliphatic rings. The summed E-state index contributed by atoms with van der Waals surface area (Å²) < 4.78 is 20.2. The molecule has 0 radical (unpaired) electrons. The Hall–Kier alpha value is -2.94. The topological polar surface area (TPSA) is 67.6 Å². The van der Waals surface area contributed by atoms with Crippen LogP contribution in [0.3, 0.4) is 0 Å². The predicted molar refractivity (Wildman–Crippen MR) is 127 cm³/mol. The number of nitro benzene ring substituents is 1. The smallest absolute Gasteiger partial charge is 0.276 e. The van der Waals surface area contributed by atoms with Crippen LogP contribution in [0.2, 0.25) is 5.02 Å². The van der Waals surface area contributed by atoms with Crippen molar-refractivity contribution in [2.24, 2.45) is 0 Å². The van der Waals surface area contributed by atoms with Crippen molar-refractivity contribution in [1.29, 1.82) is 0 Å². The van der Waals surface area contributed by atoms with Crippen LogP contribution in [0.15, 0.2) is 59.2 Å². The molecule has 0 saturated carbocycles. The molecule has 33 heavy (non-hydrogen) atoms. The first-order chi connectivity index (χ1) is 15.9. The molecule has 168 valence electrons. The third-order valence-corrected chi connectivity index (χ3v) is 7.07. The highest BCUT2D eigenvalue weighted by Crippen LogP contribution is 2.54. The number of benzene rings is 3. The minimum atomic E-state index is -0.630. The van der Waals surface area contributed by atoms with E-state index in [0.717, 1.165) is 22.4 Å². The van der Waals surface area contributed by atoms with E-state index in [-0.39, 0.29) is 11.9 Å². The standard InChI is InChI=1S/C24H18BrClFN3O3/c1-33-15-5-2-13(3-6-15)12-29-23(17-10-14(27)4-7-19(17)26)22-20(30(31)32)11-18(25)16-8-9-28-24(29)21(16)22/h2-11,23-24,28H,12H2,1H3. The Balaban J connectivity index is 1.74. The summed E-state index contributed by atoms with van der Waals surface area (Å²) in [6, 6.07) is 12.6. The Morgan fingerprint density at radius 2 is 1.97 bits per heavy atom. The van der Waals surface area contributed by atoms with Crippen molar-refractivity contribution in [2.75, 3.05) is 7.11 Å². The number of hydrogen-bond donors (Lipinski definition) is 1. The molecule has 0 amide bonds. The van der Waals surface area contributed by atoms with Gasteiger partial charge in [0.1, 0.15) is 17.7 Å². The highest BCUT2D eigenvalue weighted by atomic mass is 79.9. The molecule has 2 unspecified atom stereocenters. The lowest BCUT2D eigenvalue weighted by Crippen LogP contribution is -2.34. The second-order valence-electron chi connectivity index (χ2n) is 7.87. The largest absolute Gasteiger partial charge is 0.497 e. The zero-order valence-electron chi connectivity index (χ0n) is 17.4. The summed E-state index contributed by atoms with van der Waals surface area (Å²) in [6.07, 6.45) is 3.34. The Labute approximate surface area is 202 Å². The number of methoxy groups -OCH3 is 1. The van der Waals surface area contributed by atoms with Gasteiger partial charge in [-0.15, -0.1) is 0 Å². The summed E-state index contributed by atoms with van der Waals surface area (Å²) in [5.41, 5.74) is 3.58. The van der Waals surface area contributed by atoms with Crippen LogP contribution in [0.5, 0.6) is 5.75 Å². The maximum Gasteiger partial charge on any atom is 0.276 e. The molecular weight excluding hydrogens is 513 g/mol. The van der Waals surface area contributed by atoms with E-state index in [0.29, 0.717) is 27.2 Å². The Kier molecular flexibility index (Phi) is 5.60. The molecule has 0 aliphatic carbocycles. The van der Waals surface area contributed by atoms with E-state index in [1.807, 2.05) is 36.5 Å². The van der Waals surface area contributed by atoms with E-state index >= 15 is 0 Å². The Morgan fingerprint density at radius 1 is 1.21 bits per heavy atom.